The second-order valence-electron chi connectivity index (χ2n) is 5.35. The Morgan fingerprint density at radius 2 is 2.12 bits per heavy atom. The number of pyridine rings is 1. The highest BCUT2D eigenvalue weighted by molar-refractivity contribution is 9.10. The molecule has 1 heterocycles. The molecular weight excluding hydrogens is 276 g/mol. The summed E-state index contributed by atoms with van der Waals surface area (Å²) in [5, 5.41) is 3.65. The van der Waals surface area contributed by atoms with E-state index in [1.54, 1.807) is 0 Å². The van der Waals surface area contributed by atoms with Gasteiger partial charge in [-0.25, -0.2) is 4.98 Å². The molecule has 17 heavy (non-hydrogen) atoms. The molecule has 2 rings (SSSR count). The third kappa shape index (κ3) is 3.01. The molecule has 1 aliphatic rings. The zero-order valence-electron chi connectivity index (χ0n) is 10.8. The van der Waals surface area contributed by atoms with Crippen molar-refractivity contribution in [2.24, 2.45) is 11.8 Å². The average Bonchev–Trinajstić information content (AvgIpc) is 2.30. The summed E-state index contributed by atoms with van der Waals surface area (Å²) >= 11 is 3.44. The third-order valence-corrected chi connectivity index (χ3v) is 4.90. The normalized spacial score (nSPS) is 29.1. The van der Waals surface area contributed by atoms with Crippen LogP contribution in [0.15, 0.2) is 16.9 Å². The molecule has 0 radical (unpaired) electrons. The Kier molecular flexibility index (Phi) is 4.08. The number of aryl methyl sites for hydroxylation is 1. The molecule has 0 saturated heterocycles. The molecule has 1 N–H and O–H groups in total. The van der Waals surface area contributed by atoms with E-state index in [2.05, 4.69) is 53.1 Å². The van der Waals surface area contributed by atoms with Gasteiger partial charge in [0.05, 0.1) is 11.9 Å². The van der Waals surface area contributed by atoms with Crippen LogP contribution in [0.1, 0.15) is 38.7 Å². The van der Waals surface area contributed by atoms with E-state index in [4.69, 9.17) is 0 Å². The lowest BCUT2D eigenvalue weighted by Gasteiger charge is -2.35. The summed E-state index contributed by atoms with van der Waals surface area (Å²) in [6.45, 7) is 6.80. The fourth-order valence-electron chi connectivity index (χ4n) is 2.64. The van der Waals surface area contributed by atoms with Crippen molar-refractivity contribution in [3.8, 4) is 0 Å². The number of rotatable bonds is 2. The highest BCUT2D eigenvalue weighted by Gasteiger charge is 2.26. The minimum atomic E-state index is 0.598. The Balaban J connectivity index is 2.07. The first-order chi connectivity index (χ1) is 8.08. The number of hydrogen-bond donors (Lipinski definition) is 1. The van der Waals surface area contributed by atoms with Crippen LogP contribution in [0, 0.1) is 18.8 Å². The second kappa shape index (κ2) is 5.38. The molecular formula is C14H21BrN2. The van der Waals surface area contributed by atoms with E-state index in [0.29, 0.717) is 6.04 Å². The smallest absolute Gasteiger partial charge is 0.109 e. The van der Waals surface area contributed by atoms with Gasteiger partial charge in [-0.2, -0.15) is 0 Å². The first kappa shape index (κ1) is 12.9. The monoisotopic (exact) mass is 296 g/mol. The molecule has 0 aromatic carbocycles. The van der Waals surface area contributed by atoms with E-state index < -0.39 is 0 Å². The molecule has 1 aromatic rings. The zero-order chi connectivity index (χ0) is 12.4. The number of aromatic nitrogens is 1. The van der Waals surface area contributed by atoms with Crippen molar-refractivity contribution in [1.82, 2.24) is 4.98 Å². The largest absolute Gasteiger partial charge is 0.381 e. The van der Waals surface area contributed by atoms with E-state index in [1.165, 1.54) is 24.8 Å². The van der Waals surface area contributed by atoms with Gasteiger partial charge < -0.3 is 5.32 Å². The summed E-state index contributed by atoms with van der Waals surface area (Å²) in [6.07, 6.45) is 5.91. The first-order valence-corrected chi connectivity index (χ1v) is 7.26. The van der Waals surface area contributed by atoms with Gasteiger partial charge >= 0.3 is 0 Å². The standard InChI is InChI=1S/C14H21BrN2/c1-9-5-4-6-13(11(9)3)17-12-7-10(2)14(15)16-8-12/h7-9,11,13,17H,4-6H2,1-3H3. The quantitative estimate of drug-likeness (QED) is 0.819. The van der Waals surface area contributed by atoms with Gasteiger partial charge in [0.2, 0.25) is 0 Å². The maximum atomic E-state index is 4.34. The van der Waals surface area contributed by atoms with E-state index in [-0.39, 0.29) is 0 Å². The van der Waals surface area contributed by atoms with Crippen molar-refractivity contribution < 1.29 is 0 Å². The van der Waals surface area contributed by atoms with Crippen molar-refractivity contribution in [3.63, 3.8) is 0 Å². The lowest BCUT2D eigenvalue weighted by Crippen LogP contribution is -2.35. The van der Waals surface area contributed by atoms with Crippen molar-refractivity contribution in [2.75, 3.05) is 5.32 Å². The van der Waals surface area contributed by atoms with Crippen molar-refractivity contribution >= 4 is 21.6 Å². The fourth-order valence-corrected chi connectivity index (χ4v) is 2.85. The highest BCUT2D eigenvalue weighted by atomic mass is 79.9. The maximum absolute atomic E-state index is 4.34. The predicted molar refractivity (Wildman–Crippen MR) is 76.3 cm³/mol. The number of nitrogens with one attached hydrogen (secondary N) is 1. The van der Waals surface area contributed by atoms with Crippen LogP contribution < -0.4 is 5.32 Å². The summed E-state index contributed by atoms with van der Waals surface area (Å²) < 4.78 is 0.938. The van der Waals surface area contributed by atoms with Crippen molar-refractivity contribution in [1.29, 1.82) is 0 Å². The van der Waals surface area contributed by atoms with Gasteiger partial charge in [-0.15, -0.1) is 0 Å². The van der Waals surface area contributed by atoms with Gasteiger partial charge in [0, 0.05) is 6.04 Å². The average molecular weight is 297 g/mol. The molecule has 3 atom stereocenters. The highest BCUT2D eigenvalue weighted by Crippen LogP contribution is 2.31. The molecule has 0 amide bonds. The first-order valence-electron chi connectivity index (χ1n) is 6.46. The van der Waals surface area contributed by atoms with Crippen molar-refractivity contribution in [3.05, 3.63) is 22.4 Å². The molecule has 94 valence electrons. The molecule has 1 aliphatic carbocycles. The van der Waals surface area contributed by atoms with Crippen LogP contribution in [-0.2, 0) is 0 Å². The lowest BCUT2D eigenvalue weighted by atomic mass is 9.78. The van der Waals surface area contributed by atoms with E-state index in [0.717, 1.165) is 22.1 Å². The van der Waals surface area contributed by atoms with E-state index >= 15 is 0 Å². The minimum absolute atomic E-state index is 0.598. The fraction of sp³-hybridized carbons (Fsp3) is 0.643. The van der Waals surface area contributed by atoms with Crippen LogP contribution in [0.2, 0.25) is 0 Å². The summed E-state index contributed by atoms with van der Waals surface area (Å²) in [6, 6.07) is 2.77. The number of halogens is 1. The lowest BCUT2D eigenvalue weighted by molar-refractivity contribution is 0.253. The van der Waals surface area contributed by atoms with Gasteiger partial charge in [0.25, 0.3) is 0 Å². The summed E-state index contributed by atoms with van der Waals surface area (Å²) in [5.74, 6) is 1.57. The van der Waals surface area contributed by atoms with Gasteiger partial charge in [0.15, 0.2) is 0 Å². The second-order valence-corrected chi connectivity index (χ2v) is 6.10. The maximum Gasteiger partial charge on any atom is 0.109 e. The molecule has 1 aromatic heterocycles. The molecule has 3 unspecified atom stereocenters. The molecule has 0 aliphatic heterocycles. The summed E-state index contributed by atoms with van der Waals surface area (Å²) in [5.41, 5.74) is 2.34. The van der Waals surface area contributed by atoms with Crippen LogP contribution in [-0.4, -0.2) is 11.0 Å². The molecule has 0 bridgehead atoms. The van der Waals surface area contributed by atoms with Crippen LogP contribution in [0.5, 0.6) is 0 Å². The molecule has 2 nitrogen and oxygen atoms in total. The number of anilines is 1. The Hall–Kier alpha value is -0.570. The van der Waals surface area contributed by atoms with Gasteiger partial charge in [-0.05, 0) is 52.7 Å². The Morgan fingerprint density at radius 3 is 2.82 bits per heavy atom. The minimum Gasteiger partial charge on any atom is -0.381 e. The van der Waals surface area contributed by atoms with Gasteiger partial charge in [-0.3, -0.25) is 0 Å². The molecule has 1 fully saturated rings. The topological polar surface area (TPSA) is 24.9 Å². The Morgan fingerprint density at radius 1 is 1.35 bits per heavy atom. The van der Waals surface area contributed by atoms with E-state index in [9.17, 15) is 0 Å². The molecule has 0 spiro atoms. The van der Waals surface area contributed by atoms with Crippen LogP contribution in [0.4, 0.5) is 5.69 Å². The summed E-state index contributed by atoms with van der Waals surface area (Å²) in [7, 11) is 0. The third-order valence-electron chi connectivity index (χ3n) is 4.07. The van der Waals surface area contributed by atoms with Crippen LogP contribution >= 0.6 is 15.9 Å². The van der Waals surface area contributed by atoms with Crippen LogP contribution in [0.3, 0.4) is 0 Å². The van der Waals surface area contributed by atoms with Crippen LogP contribution in [0.25, 0.3) is 0 Å². The SMILES string of the molecule is Cc1cc(NC2CCCC(C)C2C)cnc1Br. The molecule has 1 saturated carbocycles. The zero-order valence-corrected chi connectivity index (χ0v) is 12.4. The number of hydrogen-bond acceptors (Lipinski definition) is 2. The van der Waals surface area contributed by atoms with Crippen molar-refractivity contribution in [2.45, 2.75) is 46.1 Å². The predicted octanol–water partition coefficient (Wildman–Crippen LogP) is 4.39. The van der Waals surface area contributed by atoms with E-state index in [1.807, 2.05) is 6.20 Å². The summed E-state index contributed by atoms with van der Waals surface area (Å²) in [4.78, 5) is 4.34. The van der Waals surface area contributed by atoms with Gasteiger partial charge in [-0.1, -0.05) is 26.7 Å². The Labute approximate surface area is 112 Å². The molecule has 3 heteroatoms. The van der Waals surface area contributed by atoms with Gasteiger partial charge in [0.1, 0.15) is 4.60 Å². The Bertz CT molecular complexity index is 392. The number of nitrogens with zero attached hydrogens (tertiary/aromatic N) is 1.